The number of unbranched alkanes of at least 4 members (excludes halogenated alkanes) is 4. The summed E-state index contributed by atoms with van der Waals surface area (Å²) in [6.45, 7) is 2.25. The molecule has 0 N–H and O–H groups in total. The topological polar surface area (TPSA) is 9.23 Å². The second-order valence-electron chi connectivity index (χ2n) is 10.3. The van der Waals surface area contributed by atoms with E-state index in [-0.39, 0.29) is 5.56 Å². The van der Waals surface area contributed by atoms with E-state index in [1.165, 1.54) is 75.3 Å². The maximum Gasteiger partial charge on any atom is 0.573 e. The van der Waals surface area contributed by atoms with Gasteiger partial charge in [0.05, 0.1) is 0 Å². The number of halogens is 5. The molecule has 0 heterocycles. The predicted molar refractivity (Wildman–Crippen MR) is 131 cm³/mol. The number of fused-ring (bicyclic) bond motifs is 3. The number of rotatable bonds is 7. The lowest BCUT2D eigenvalue weighted by Crippen LogP contribution is -2.28. The van der Waals surface area contributed by atoms with Gasteiger partial charge in [0.2, 0.25) is 5.75 Å². The summed E-state index contributed by atoms with van der Waals surface area (Å²) >= 11 is 0. The first-order chi connectivity index (χ1) is 17.2. The minimum absolute atomic E-state index is 0.0506. The number of hydrogen-bond acceptors (Lipinski definition) is 1. The van der Waals surface area contributed by atoms with Gasteiger partial charge in [-0.2, -0.15) is 0 Å². The first kappa shape index (κ1) is 26.5. The number of benzene rings is 2. The molecule has 0 aromatic heterocycles. The normalized spacial score (nSPS) is 21.2. The molecule has 0 radical (unpaired) electrons. The molecule has 36 heavy (non-hydrogen) atoms. The molecule has 0 spiro atoms. The van der Waals surface area contributed by atoms with Gasteiger partial charge in [0, 0.05) is 11.1 Å². The van der Waals surface area contributed by atoms with Crippen molar-refractivity contribution in [2.24, 2.45) is 11.8 Å². The molecule has 2 aromatic carbocycles. The van der Waals surface area contributed by atoms with Gasteiger partial charge in [-0.05, 0) is 85.3 Å². The fraction of sp³-hybridized carbons (Fsp3) is 0.533. The van der Waals surface area contributed by atoms with Crippen molar-refractivity contribution < 1.29 is 26.7 Å². The van der Waals surface area contributed by atoms with E-state index in [4.69, 9.17) is 0 Å². The largest absolute Gasteiger partial charge is 0.573 e. The summed E-state index contributed by atoms with van der Waals surface area (Å²) in [4.78, 5) is 0. The lowest BCUT2D eigenvalue weighted by molar-refractivity contribution is -0.276. The second kappa shape index (κ2) is 11.7. The first-order valence-electron chi connectivity index (χ1n) is 13.1. The Balaban J connectivity index is 1.40. The van der Waals surface area contributed by atoms with Crippen LogP contribution in [0.25, 0.3) is 0 Å². The summed E-state index contributed by atoms with van der Waals surface area (Å²) < 4.78 is 68.4. The van der Waals surface area contributed by atoms with Gasteiger partial charge in [-0.3, -0.25) is 0 Å². The monoisotopic (exact) mass is 504 g/mol. The van der Waals surface area contributed by atoms with Gasteiger partial charge in [0.1, 0.15) is 0 Å². The van der Waals surface area contributed by atoms with Crippen LogP contribution in [0, 0.1) is 35.3 Å². The standard InChI is InChI=1S/C30H33F5O/c1-2-3-4-5-6-7-20-10-14-25-23(16-20)12-13-24-17-21(11-15-26(24)25)8-9-22-18-27(31)29(28(32)19-22)36-30(33,34)35/h11,15,17-20,23,25H,2-7,10,12-14,16H2,1H3. The lowest BCUT2D eigenvalue weighted by atomic mass is 9.64. The molecule has 0 aliphatic heterocycles. The van der Waals surface area contributed by atoms with E-state index >= 15 is 0 Å². The van der Waals surface area contributed by atoms with Crippen LogP contribution in [0.4, 0.5) is 22.0 Å². The summed E-state index contributed by atoms with van der Waals surface area (Å²) in [7, 11) is 0. The van der Waals surface area contributed by atoms with Gasteiger partial charge in [0.15, 0.2) is 11.6 Å². The highest BCUT2D eigenvalue weighted by Crippen LogP contribution is 2.48. The number of aryl methyl sites for hydroxylation is 1. The van der Waals surface area contributed by atoms with Crippen LogP contribution in [0.1, 0.15) is 99.3 Å². The molecule has 1 fully saturated rings. The van der Waals surface area contributed by atoms with Crippen molar-refractivity contribution in [1.29, 1.82) is 0 Å². The summed E-state index contributed by atoms with van der Waals surface area (Å²) in [6, 6.07) is 7.63. The van der Waals surface area contributed by atoms with Crippen molar-refractivity contribution in [3.8, 4) is 17.6 Å². The SMILES string of the molecule is CCCCCCCC1CCC2c3ccc(C#Cc4cc(F)c(OC(F)(F)F)c(F)c4)cc3CCC2C1. The van der Waals surface area contributed by atoms with Crippen LogP contribution in [0.5, 0.6) is 5.75 Å². The molecular weight excluding hydrogens is 471 g/mol. The minimum Gasteiger partial charge on any atom is -0.399 e. The predicted octanol–water partition coefficient (Wildman–Crippen LogP) is 9.07. The quantitative estimate of drug-likeness (QED) is 0.208. The molecule has 4 rings (SSSR count). The van der Waals surface area contributed by atoms with E-state index in [2.05, 4.69) is 29.6 Å². The molecule has 3 unspecified atom stereocenters. The molecule has 2 aliphatic rings. The second-order valence-corrected chi connectivity index (χ2v) is 10.3. The number of ether oxygens (including phenoxy) is 1. The molecule has 3 atom stereocenters. The smallest absolute Gasteiger partial charge is 0.399 e. The Morgan fingerprint density at radius 2 is 1.61 bits per heavy atom. The molecule has 1 saturated carbocycles. The first-order valence-corrected chi connectivity index (χ1v) is 13.1. The molecule has 2 aromatic rings. The van der Waals surface area contributed by atoms with Gasteiger partial charge < -0.3 is 4.74 Å². The summed E-state index contributed by atoms with van der Waals surface area (Å²) in [5.41, 5.74) is 3.37. The Kier molecular flexibility index (Phi) is 8.59. The molecule has 1 nitrogen and oxygen atoms in total. The van der Waals surface area contributed by atoms with Crippen molar-refractivity contribution in [2.45, 2.75) is 89.8 Å². The average molecular weight is 505 g/mol. The third-order valence-corrected chi connectivity index (χ3v) is 7.70. The summed E-state index contributed by atoms with van der Waals surface area (Å²) in [5.74, 6) is 3.41. The molecule has 2 aliphatic carbocycles. The Bertz CT molecular complexity index is 1090. The van der Waals surface area contributed by atoms with Gasteiger partial charge in [-0.25, -0.2) is 8.78 Å². The Hall–Kier alpha value is -2.55. The van der Waals surface area contributed by atoms with Crippen LogP contribution in [-0.2, 0) is 6.42 Å². The minimum atomic E-state index is -5.18. The van der Waals surface area contributed by atoms with Crippen LogP contribution in [0.15, 0.2) is 30.3 Å². The Morgan fingerprint density at radius 3 is 2.33 bits per heavy atom. The van der Waals surface area contributed by atoms with Gasteiger partial charge in [-0.15, -0.1) is 13.2 Å². The van der Waals surface area contributed by atoms with E-state index in [0.29, 0.717) is 5.92 Å². The summed E-state index contributed by atoms with van der Waals surface area (Å²) in [5, 5.41) is 0. The van der Waals surface area contributed by atoms with Crippen molar-refractivity contribution in [2.75, 3.05) is 0 Å². The molecule has 6 heteroatoms. The van der Waals surface area contributed by atoms with Crippen molar-refractivity contribution in [3.05, 3.63) is 64.2 Å². The Morgan fingerprint density at radius 1 is 0.889 bits per heavy atom. The third kappa shape index (κ3) is 6.81. The highest BCUT2D eigenvalue weighted by Gasteiger charge is 2.35. The summed E-state index contributed by atoms with van der Waals surface area (Å²) in [6.07, 6.45) is 8.90. The van der Waals surface area contributed by atoms with Crippen LogP contribution < -0.4 is 4.74 Å². The number of alkyl halides is 3. The van der Waals surface area contributed by atoms with Gasteiger partial charge in [0.25, 0.3) is 0 Å². The van der Waals surface area contributed by atoms with E-state index in [9.17, 15) is 22.0 Å². The maximum absolute atomic E-state index is 14.0. The Labute approximate surface area is 210 Å². The van der Waals surface area contributed by atoms with E-state index in [1.807, 2.05) is 12.1 Å². The fourth-order valence-corrected chi connectivity index (χ4v) is 5.98. The fourth-order valence-electron chi connectivity index (χ4n) is 5.98. The van der Waals surface area contributed by atoms with Crippen LogP contribution in [-0.4, -0.2) is 6.36 Å². The zero-order valence-electron chi connectivity index (χ0n) is 20.7. The molecule has 0 bridgehead atoms. The van der Waals surface area contributed by atoms with E-state index in [1.54, 1.807) is 0 Å². The number of hydrogen-bond donors (Lipinski definition) is 0. The van der Waals surface area contributed by atoms with Crippen LogP contribution in [0.3, 0.4) is 0 Å². The van der Waals surface area contributed by atoms with E-state index in [0.717, 1.165) is 36.0 Å². The van der Waals surface area contributed by atoms with E-state index < -0.39 is 23.7 Å². The molecule has 0 saturated heterocycles. The van der Waals surface area contributed by atoms with Gasteiger partial charge in [-0.1, -0.05) is 63.4 Å². The molecule has 194 valence electrons. The average Bonchev–Trinajstić information content (AvgIpc) is 2.84. The van der Waals surface area contributed by atoms with Crippen LogP contribution in [0.2, 0.25) is 0 Å². The van der Waals surface area contributed by atoms with Crippen LogP contribution >= 0.6 is 0 Å². The highest BCUT2D eigenvalue weighted by atomic mass is 19.4. The maximum atomic E-state index is 14.0. The third-order valence-electron chi connectivity index (χ3n) is 7.70. The van der Waals surface area contributed by atoms with Crippen molar-refractivity contribution >= 4 is 0 Å². The van der Waals surface area contributed by atoms with Gasteiger partial charge >= 0.3 is 6.36 Å². The zero-order chi connectivity index (χ0) is 25.7. The van der Waals surface area contributed by atoms with Crippen molar-refractivity contribution in [1.82, 2.24) is 0 Å². The highest BCUT2D eigenvalue weighted by molar-refractivity contribution is 5.48. The molecular formula is C30H33F5O. The lowest BCUT2D eigenvalue weighted by Gasteiger charge is -2.40. The zero-order valence-corrected chi connectivity index (χ0v) is 20.7. The molecule has 0 amide bonds. The van der Waals surface area contributed by atoms with Crippen molar-refractivity contribution in [3.63, 3.8) is 0 Å².